The fourth-order valence-electron chi connectivity index (χ4n) is 3.02. The molecule has 0 aromatic carbocycles. The minimum absolute atomic E-state index is 0.0439. The van der Waals surface area contributed by atoms with Gasteiger partial charge in [0, 0.05) is 12.7 Å². The van der Waals surface area contributed by atoms with Crippen molar-refractivity contribution in [1.29, 1.82) is 0 Å². The molecule has 0 spiro atoms. The average Bonchev–Trinajstić information content (AvgIpc) is 2.70. The largest absolute Gasteiger partial charge is 0.477 e. The molecule has 2 rings (SSSR count). The number of carboxylic acids is 1. The van der Waals surface area contributed by atoms with Crippen molar-refractivity contribution < 1.29 is 14.7 Å². The molecule has 1 amide bonds. The van der Waals surface area contributed by atoms with E-state index in [1.165, 1.54) is 10.6 Å². The van der Waals surface area contributed by atoms with Crippen molar-refractivity contribution in [3.63, 3.8) is 0 Å². The lowest BCUT2D eigenvalue weighted by atomic mass is 10.0. The molecular weight excluding hydrogens is 256 g/mol. The highest BCUT2D eigenvalue weighted by atomic mass is 16.4. The minimum atomic E-state index is -1.02. The first kappa shape index (κ1) is 14.6. The molecule has 1 aromatic rings. The van der Waals surface area contributed by atoms with Crippen molar-refractivity contribution in [3.05, 3.63) is 24.0 Å². The fraction of sp³-hybridized carbons (Fsp3) is 0.600. The number of rotatable bonds is 5. The maximum atomic E-state index is 11.9. The van der Waals surface area contributed by atoms with Crippen molar-refractivity contribution in [2.24, 2.45) is 16.7 Å². The molecule has 1 aromatic heterocycles. The first-order valence-electron chi connectivity index (χ1n) is 6.83. The van der Waals surface area contributed by atoms with Gasteiger partial charge in [0.05, 0.1) is 0 Å². The van der Waals surface area contributed by atoms with Gasteiger partial charge in [-0.1, -0.05) is 27.7 Å². The maximum absolute atomic E-state index is 11.9. The van der Waals surface area contributed by atoms with Gasteiger partial charge < -0.3 is 15.0 Å². The van der Waals surface area contributed by atoms with E-state index < -0.39 is 5.97 Å². The number of carbonyl (C=O) groups excluding carboxylic acids is 1. The Morgan fingerprint density at radius 3 is 2.40 bits per heavy atom. The Labute approximate surface area is 119 Å². The normalized spacial score (nSPS) is 19.6. The molecule has 0 aliphatic heterocycles. The molecule has 1 saturated carbocycles. The van der Waals surface area contributed by atoms with Gasteiger partial charge in [-0.05, 0) is 28.9 Å². The van der Waals surface area contributed by atoms with Crippen LogP contribution in [-0.4, -0.2) is 28.1 Å². The lowest BCUT2D eigenvalue weighted by Gasteiger charge is -2.08. The predicted molar refractivity (Wildman–Crippen MR) is 75.5 cm³/mol. The molecule has 5 heteroatoms. The Bertz CT molecular complexity index is 529. The van der Waals surface area contributed by atoms with Gasteiger partial charge in [-0.3, -0.25) is 4.79 Å². The van der Waals surface area contributed by atoms with Gasteiger partial charge in [0.2, 0.25) is 5.91 Å². The van der Waals surface area contributed by atoms with Crippen LogP contribution in [0.15, 0.2) is 18.3 Å². The van der Waals surface area contributed by atoms with Gasteiger partial charge in [-0.25, -0.2) is 4.79 Å². The first-order valence-corrected chi connectivity index (χ1v) is 6.83. The molecule has 1 heterocycles. The number of carboxylic acid groups (broad SMARTS) is 1. The van der Waals surface area contributed by atoms with Crippen molar-refractivity contribution in [3.8, 4) is 0 Å². The topological polar surface area (TPSA) is 71.3 Å². The molecule has 5 nitrogen and oxygen atoms in total. The van der Waals surface area contributed by atoms with Crippen LogP contribution >= 0.6 is 0 Å². The summed E-state index contributed by atoms with van der Waals surface area (Å²) in [4.78, 5) is 22.9. The molecule has 110 valence electrons. The zero-order valence-electron chi connectivity index (χ0n) is 12.4. The minimum Gasteiger partial charge on any atom is -0.477 e. The summed E-state index contributed by atoms with van der Waals surface area (Å²) in [6.45, 7) is 9.51. The molecule has 1 fully saturated rings. The van der Waals surface area contributed by atoms with E-state index in [0.29, 0.717) is 12.5 Å². The third-order valence-corrected chi connectivity index (χ3v) is 5.19. The van der Waals surface area contributed by atoms with Gasteiger partial charge in [0.25, 0.3) is 0 Å². The van der Waals surface area contributed by atoms with Gasteiger partial charge in [0.1, 0.15) is 12.2 Å². The monoisotopic (exact) mass is 278 g/mol. The summed E-state index contributed by atoms with van der Waals surface area (Å²) in [5.74, 6) is -0.711. The maximum Gasteiger partial charge on any atom is 0.352 e. The summed E-state index contributed by atoms with van der Waals surface area (Å²) in [5, 5.41) is 11.9. The van der Waals surface area contributed by atoms with Gasteiger partial charge in [0.15, 0.2) is 0 Å². The third-order valence-electron chi connectivity index (χ3n) is 5.19. The SMILES string of the molecule is CC1(C)C(CNC(=O)Cn2cccc2C(=O)O)C1(C)C. The smallest absolute Gasteiger partial charge is 0.352 e. The molecule has 0 bridgehead atoms. The number of hydrogen-bond acceptors (Lipinski definition) is 2. The number of nitrogens with zero attached hydrogens (tertiary/aromatic N) is 1. The molecule has 1 aliphatic rings. The molecule has 0 saturated heterocycles. The Morgan fingerprint density at radius 1 is 1.30 bits per heavy atom. The van der Waals surface area contributed by atoms with Crippen LogP contribution in [0.2, 0.25) is 0 Å². The Morgan fingerprint density at radius 2 is 1.90 bits per heavy atom. The highest BCUT2D eigenvalue weighted by Gasteiger charge is 2.64. The zero-order valence-corrected chi connectivity index (χ0v) is 12.4. The molecular formula is C15H22N2O3. The Balaban J connectivity index is 1.88. The summed E-state index contributed by atoms with van der Waals surface area (Å²) >= 11 is 0. The van der Waals surface area contributed by atoms with Crippen molar-refractivity contribution in [2.75, 3.05) is 6.54 Å². The first-order chi connectivity index (χ1) is 9.18. The number of carbonyl (C=O) groups is 2. The number of aromatic nitrogens is 1. The summed E-state index contributed by atoms with van der Waals surface area (Å²) in [5.41, 5.74) is 0.604. The second kappa shape index (κ2) is 4.65. The fourth-order valence-corrected chi connectivity index (χ4v) is 3.02. The van der Waals surface area contributed by atoms with Crippen LogP contribution in [0.4, 0.5) is 0 Å². The molecule has 0 atom stereocenters. The van der Waals surface area contributed by atoms with E-state index in [2.05, 4.69) is 33.0 Å². The van der Waals surface area contributed by atoms with E-state index in [1.807, 2.05) is 0 Å². The lowest BCUT2D eigenvalue weighted by Crippen LogP contribution is -2.31. The number of aromatic carboxylic acids is 1. The predicted octanol–water partition coefficient (Wildman–Crippen LogP) is 1.98. The van der Waals surface area contributed by atoms with Crippen LogP contribution < -0.4 is 5.32 Å². The van der Waals surface area contributed by atoms with E-state index in [9.17, 15) is 9.59 Å². The third kappa shape index (κ3) is 2.32. The van der Waals surface area contributed by atoms with E-state index in [4.69, 9.17) is 5.11 Å². The molecule has 0 unspecified atom stereocenters. The Hall–Kier alpha value is -1.78. The van der Waals surface area contributed by atoms with E-state index in [0.717, 1.165) is 0 Å². The molecule has 0 radical (unpaired) electrons. The highest BCUT2D eigenvalue weighted by Crippen LogP contribution is 2.67. The average molecular weight is 278 g/mol. The molecule has 1 aliphatic carbocycles. The van der Waals surface area contributed by atoms with Crippen molar-refractivity contribution in [2.45, 2.75) is 34.2 Å². The van der Waals surface area contributed by atoms with Gasteiger partial charge in [-0.2, -0.15) is 0 Å². The summed E-state index contributed by atoms with van der Waals surface area (Å²) in [6.07, 6.45) is 1.61. The second-order valence-corrected chi connectivity index (χ2v) is 6.63. The van der Waals surface area contributed by atoms with Crippen LogP contribution in [0.1, 0.15) is 38.2 Å². The zero-order chi connectivity index (χ0) is 15.1. The van der Waals surface area contributed by atoms with Crippen molar-refractivity contribution >= 4 is 11.9 Å². The van der Waals surface area contributed by atoms with Gasteiger partial charge >= 0.3 is 5.97 Å². The standard InChI is InChI=1S/C15H22N2O3/c1-14(2)11(15(14,3)4)8-16-12(18)9-17-7-5-6-10(17)13(19)20/h5-7,11H,8-9H2,1-4H3,(H,16,18)(H,19,20). The van der Waals surface area contributed by atoms with Gasteiger partial charge in [-0.15, -0.1) is 0 Å². The van der Waals surface area contributed by atoms with E-state index in [1.54, 1.807) is 12.3 Å². The molecule has 20 heavy (non-hydrogen) atoms. The Kier molecular flexibility index (Phi) is 3.40. The van der Waals surface area contributed by atoms with Crippen LogP contribution in [0.3, 0.4) is 0 Å². The summed E-state index contributed by atoms with van der Waals surface area (Å²) in [6, 6.07) is 3.12. The van der Waals surface area contributed by atoms with E-state index >= 15 is 0 Å². The summed E-state index contributed by atoms with van der Waals surface area (Å²) < 4.78 is 1.45. The van der Waals surface area contributed by atoms with Crippen LogP contribution in [0, 0.1) is 16.7 Å². The van der Waals surface area contributed by atoms with Crippen LogP contribution in [0.5, 0.6) is 0 Å². The quantitative estimate of drug-likeness (QED) is 0.865. The van der Waals surface area contributed by atoms with Crippen LogP contribution in [0.25, 0.3) is 0 Å². The lowest BCUT2D eigenvalue weighted by molar-refractivity contribution is -0.121. The van der Waals surface area contributed by atoms with Crippen molar-refractivity contribution in [1.82, 2.24) is 9.88 Å². The second-order valence-electron chi connectivity index (χ2n) is 6.63. The van der Waals surface area contributed by atoms with E-state index in [-0.39, 0.29) is 29.0 Å². The number of amides is 1. The highest BCUT2D eigenvalue weighted by molar-refractivity contribution is 5.86. The number of nitrogens with one attached hydrogen (secondary N) is 1. The molecule has 2 N–H and O–H groups in total. The summed E-state index contributed by atoms with van der Waals surface area (Å²) in [7, 11) is 0. The number of hydrogen-bond donors (Lipinski definition) is 2. The van der Waals surface area contributed by atoms with Crippen LogP contribution in [-0.2, 0) is 11.3 Å².